The normalized spacial score (nSPS) is 18.1. The standard InChI is InChI=1S/C13H11NOS/c16-13-14(10-6-2-1-3-7-10)11-8-4-5-9-12(11)15-13/h1-9,13,16H. The van der Waals surface area contributed by atoms with E-state index < -0.39 is 0 Å². The Morgan fingerprint density at radius 3 is 2.44 bits per heavy atom. The van der Waals surface area contributed by atoms with Gasteiger partial charge in [0.25, 0.3) is 0 Å². The molecule has 0 saturated heterocycles. The molecule has 0 aliphatic carbocycles. The lowest BCUT2D eigenvalue weighted by Crippen LogP contribution is -2.24. The van der Waals surface area contributed by atoms with Gasteiger partial charge in [0.2, 0.25) is 5.56 Å². The summed E-state index contributed by atoms with van der Waals surface area (Å²) in [6.07, 6.45) is 0. The molecular formula is C13H11NOS. The van der Waals surface area contributed by atoms with E-state index in [2.05, 4.69) is 29.7 Å². The average Bonchev–Trinajstić information content (AvgIpc) is 2.66. The highest BCUT2D eigenvalue weighted by Crippen LogP contribution is 2.42. The minimum atomic E-state index is -0.250. The molecule has 0 aromatic heterocycles. The molecule has 2 aromatic rings. The number of rotatable bonds is 1. The Labute approximate surface area is 99.9 Å². The molecule has 1 atom stereocenters. The van der Waals surface area contributed by atoms with Crippen molar-refractivity contribution in [1.82, 2.24) is 0 Å². The Hall–Kier alpha value is -1.61. The lowest BCUT2D eigenvalue weighted by Gasteiger charge is -2.21. The monoisotopic (exact) mass is 229 g/mol. The second-order valence-electron chi connectivity index (χ2n) is 3.62. The molecular weight excluding hydrogens is 218 g/mol. The summed E-state index contributed by atoms with van der Waals surface area (Å²) in [7, 11) is 0. The van der Waals surface area contributed by atoms with Gasteiger partial charge in [0.05, 0.1) is 5.69 Å². The molecule has 0 bridgehead atoms. The van der Waals surface area contributed by atoms with Gasteiger partial charge in [-0.25, -0.2) is 0 Å². The molecule has 3 heteroatoms. The molecule has 80 valence electrons. The van der Waals surface area contributed by atoms with Crippen molar-refractivity contribution in [2.75, 3.05) is 4.90 Å². The van der Waals surface area contributed by atoms with Crippen LogP contribution in [0.25, 0.3) is 0 Å². The maximum absolute atomic E-state index is 5.66. The number of para-hydroxylation sites is 3. The number of benzene rings is 2. The maximum atomic E-state index is 5.66. The summed E-state index contributed by atoms with van der Waals surface area (Å²) in [6.45, 7) is 0. The molecule has 2 aromatic carbocycles. The van der Waals surface area contributed by atoms with E-state index in [9.17, 15) is 0 Å². The van der Waals surface area contributed by atoms with Gasteiger partial charge >= 0.3 is 0 Å². The molecule has 0 N–H and O–H groups in total. The summed E-state index contributed by atoms with van der Waals surface area (Å²) in [5.74, 6) is 0.881. The Bertz CT molecular complexity index is 500. The van der Waals surface area contributed by atoms with Crippen molar-refractivity contribution in [2.24, 2.45) is 0 Å². The van der Waals surface area contributed by atoms with Gasteiger partial charge in [-0.15, -0.1) is 12.6 Å². The first-order valence-corrected chi connectivity index (χ1v) is 5.66. The fourth-order valence-corrected chi connectivity index (χ4v) is 2.27. The molecule has 1 aliphatic rings. The molecule has 0 radical (unpaired) electrons. The molecule has 0 saturated carbocycles. The zero-order valence-corrected chi connectivity index (χ0v) is 9.47. The van der Waals surface area contributed by atoms with Crippen LogP contribution in [0.1, 0.15) is 0 Å². The van der Waals surface area contributed by atoms with Crippen LogP contribution in [0.5, 0.6) is 5.75 Å². The smallest absolute Gasteiger partial charge is 0.222 e. The van der Waals surface area contributed by atoms with Crippen LogP contribution >= 0.6 is 12.6 Å². The van der Waals surface area contributed by atoms with E-state index in [-0.39, 0.29) is 5.56 Å². The molecule has 0 fully saturated rings. The fraction of sp³-hybridized carbons (Fsp3) is 0.0769. The van der Waals surface area contributed by atoms with Crippen molar-refractivity contribution in [2.45, 2.75) is 5.56 Å². The highest BCUT2D eigenvalue weighted by Gasteiger charge is 2.28. The Morgan fingerprint density at radius 2 is 1.62 bits per heavy atom. The first kappa shape index (κ1) is 9.60. The highest BCUT2D eigenvalue weighted by atomic mass is 32.1. The Morgan fingerprint density at radius 1 is 0.938 bits per heavy atom. The van der Waals surface area contributed by atoms with E-state index in [4.69, 9.17) is 4.74 Å². The number of anilines is 2. The summed E-state index contributed by atoms with van der Waals surface area (Å²) in [4.78, 5) is 2.07. The van der Waals surface area contributed by atoms with Crippen LogP contribution in [0.15, 0.2) is 54.6 Å². The van der Waals surface area contributed by atoms with Gasteiger partial charge in [0, 0.05) is 5.69 Å². The molecule has 3 rings (SSSR count). The maximum Gasteiger partial charge on any atom is 0.222 e. The Balaban J connectivity index is 2.09. The second-order valence-corrected chi connectivity index (χ2v) is 4.06. The molecule has 0 amide bonds. The molecule has 1 unspecified atom stereocenters. The van der Waals surface area contributed by atoms with Crippen LogP contribution in [-0.4, -0.2) is 5.56 Å². The third-order valence-electron chi connectivity index (χ3n) is 2.61. The van der Waals surface area contributed by atoms with E-state index in [1.807, 2.05) is 42.5 Å². The lowest BCUT2D eigenvalue weighted by molar-refractivity contribution is 0.326. The summed E-state index contributed by atoms with van der Waals surface area (Å²) >= 11 is 4.45. The lowest BCUT2D eigenvalue weighted by atomic mass is 10.2. The van der Waals surface area contributed by atoms with E-state index >= 15 is 0 Å². The van der Waals surface area contributed by atoms with Crippen LogP contribution in [0.4, 0.5) is 11.4 Å². The minimum absolute atomic E-state index is 0.250. The third-order valence-corrected chi connectivity index (χ3v) is 2.95. The van der Waals surface area contributed by atoms with Gasteiger partial charge in [0.1, 0.15) is 5.75 Å². The predicted octanol–water partition coefficient (Wildman–Crippen LogP) is 3.43. The molecule has 1 heterocycles. The van der Waals surface area contributed by atoms with Crippen molar-refractivity contribution in [3.63, 3.8) is 0 Å². The van der Waals surface area contributed by atoms with Crippen molar-refractivity contribution in [1.29, 1.82) is 0 Å². The number of ether oxygens (including phenoxy) is 1. The van der Waals surface area contributed by atoms with Crippen LogP contribution in [-0.2, 0) is 0 Å². The zero-order valence-electron chi connectivity index (χ0n) is 8.58. The second kappa shape index (κ2) is 3.76. The van der Waals surface area contributed by atoms with Gasteiger partial charge in [-0.3, -0.25) is 4.90 Å². The fourth-order valence-electron chi connectivity index (χ4n) is 1.90. The predicted molar refractivity (Wildman–Crippen MR) is 68.4 cm³/mol. The van der Waals surface area contributed by atoms with Crippen molar-refractivity contribution in [3.05, 3.63) is 54.6 Å². The van der Waals surface area contributed by atoms with Crippen molar-refractivity contribution < 1.29 is 4.74 Å². The van der Waals surface area contributed by atoms with Gasteiger partial charge in [0.15, 0.2) is 0 Å². The van der Waals surface area contributed by atoms with Gasteiger partial charge in [-0.1, -0.05) is 30.3 Å². The molecule has 1 aliphatic heterocycles. The molecule has 2 nitrogen and oxygen atoms in total. The summed E-state index contributed by atoms with van der Waals surface area (Å²) in [5.41, 5.74) is 1.90. The van der Waals surface area contributed by atoms with Gasteiger partial charge in [-0.2, -0.15) is 0 Å². The Kier molecular flexibility index (Phi) is 2.26. The quantitative estimate of drug-likeness (QED) is 0.752. The first-order valence-electron chi connectivity index (χ1n) is 5.14. The van der Waals surface area contributed by atoms with E-state index in [0.717, 1.165) is 17.1 Å². The van der Waals surface area contributed by atoms with Crippen LogP contribution in [0.2, 0.25) is 0 Å². The number of thiol groups is 1. The largest absolute Gasteiger partial charge is 0.459 e. The van der Waals surface area contributed by atoms with E-state index in [1.54, 1.807) is 0 Å². The van der Waals surface area contributed by atoms with Gasteiger partial charge < -0.3 is 4.74 Å². The summed E-state index contributed by atoms with van der Waals surface area (Å²) < 4.78 is 5.66. The topological polar surface area (TPSA) is 12.5 Å². The van der Waals surface area contributed by atoms with Crippen LogP contribution in [0.3, 0.4) is 0 Å². The van der Waals surface area contributed by atoms with Crippen LogP contribution < -0.4 is 9.64 Å². The minimum Gasteiger partial charge on any atom is -0.459 e. The van der Waals surface area contributed by atoms with Crippen LogP contribution in [0, 0.1) is 0 Å². The summed E-state index contributed by atoms with van der Waals surface area (Å²) in [5, 5.41) is 0. The third kappa shape index (κ3) is 1.44. The van der Waals surface area contributed by atoms with Crippen molar-refractivity contribution >= 4 is 24.0 Å². The van der Waals surface area contributed by atoms with Gasteiger partial charge in [-0.05, 0) is 24.3 Å². The number of nitrogens with zero attached hydrogens (tertiary/aromatic N) is 1. The van der Waals surface area contributed by atoms with E-state index in [0.29, 0.717) is 0 Å². The van der Waals surface area contributed by atoms with E-state index in [1.165, 1.54) is 0 Å². The number of fused-ring (bicyclic) bond motifs is 1. The zero-order chi connectivity index (χ0) is 11.0. The highest BCUT2D eigenvalue weighted by molar-refractivity contribution is 7.80. The number of hydrogen-bond donors (Lipinski definition) is 1. The average molecular weight is 229 g/mol. The summed E-state index contributed by atoms with van der Waals surface area (Å²) in [6, 6.07) is 18.1. The number of hydrogen-bond acceptors (Lipinski definition) is 3. The SMILES string of the molecule is SC1Oc2ccccc2N1c1ccccc1. The first-order chi connectivity index (χ1) is 7.86. The molecule has 16 heavy (non-hydrogen) atoms. The van der Waals surface area contributed by atoms with Crippen molar-refractivity contribution in [3.8, 4) is 5.75 Å². The molecule has 0 spiro atoms.